The van der Waals surface area contributed by atoms with Crippen LogP contribution in [0.2, 0.25) is 0 Å². The predicted molar refractivity (Wildman–Crippen MR) is 71.8 cm³/mol. The first-order valence-corrected chi connectivity index (χ1v) is 6.61. The molecule has 1 aliphatic heterocycles. The van der Waals surface area contributed by atoms with Gasteiger partial charge in [-0.2, -0.15) is 0 Å². The molecular formula is C14H28N2. The summed E-state index contributed by atoms with van der Waals surface area (Å²) < 4.78 is 0. The average Bonchev–Trinajstić information content (AvgIpc) is 2.26. The summed E-state index contributed by atoms with van der Waals surface area (Å²) in [5.74, 6) is 0. The van der Waals surface area contributed by atoms with Gasteiger partial charge in [0.25, 0.3) is 0 Å². The molecule has 1 N–H and O–H groups in total. The van der Waals surface area contributed by atoms with Gasteiger partial charge >= 0.3 is 0 Å². The summed E-state index contributed by atoms with van der Waals surface area (Å²) in [5.41, 5.74) is 1.69. The Morgan fingerprint density at radius 1 is 1.19 bits per heavy atom. The van der Waals surface area contributed by atoms with Crippen LogP contribution in [0.25, 0.3) is 0 Å². The Labute approximate surface area is 101 Å². The van der Waals surface area contributed by atoms with Crippen molar-refractivity contribution in [1.82, 2.24) is 10.2 Å². The number of nitrogens with zero attached hydrogens (tertiary/aromatic N) is 1. The number of rotatable bonds is 5. The van der Waals surface area contributed by atoms with E-state index in [1.807, 2.05) is 0 Å². The van der Waals surface area contributed by atoms with Crippen LogP contribution in [0.1, 0.15) is 47.0 Å². The van der Waals surface area contributed by atoms with Crippen molar-refractivity contribution in [2.45, 2.75) is 52.5 Å². The first-order chi connectivity index (χ1) is 7.52. The van der Waals surface area contributed by atoms with Gasteiger partial charge in [0.1, 0.15) is 0 Å². The fraction of sp³-hybridized carbons (Fsp3) is 0.857. The minimum Gasteiger partial charge on any atom is -0.311 e. The SMILES string of the molecule is CC(C)=CCNCC(C)(C)N1CCCCC1. The fourth-order valence-corrected chi connectivity index (χ4v) is 2.27. The van der Waals surface area contributed by atoms with E-state index in [1.165, 1.54) is 37.9 Å². The van der Waals surface area contributed by atoms with Gasteiger partial charge in [-0.25, -0.2) is 0 Å². The minimum atomic E-state index is 0.301. The van der Waals surface area contributed by atoms with E-state index in [-0.39, 0.29) is 0 Å². The normalized spacial score (nSPS) is 18.5. The maximum atomic E-state index is 3.54. The molecule has 1 fully saturated rings. The second kappa shape index (κ2) is 6.41. The van der Waals surface area contributed by atoms with Gasteiger partial charge in [0, 0.05) is 18.6 Å². The quantitative estimate of drug-likeness (QED) is 0.570. The summed E-state index contributed by atoms with van der Waals surface area (Å²) >= 11 is 0. The molecule has 0 bridgehead atoms. The van der Waals surface area contributed by atoms with E-state index in [2.05, 4.69) is 44.0 Å². The number of likely N-dealkylation sites (tertiary alicyclic amines) is 1. The largest absolute Gasteiger partial charge is 0.311 e. The van der Waals surface area contributed by atoms with Gasteiger partial charge in [0.05, 0.1) is 0 Å². The molecule has 1 aliphatic rings. The Bertz CT molecular complexity index is 221. The van der Waals surface area contributed by atoms with Gasteiger partial charge in [-0.3, -0.25) is 4.90 Å². The highest BCUT2D eigenvalue weighted by Crippen LogP contribution is 2.19. The minimum absolute atomic E-state index is 0.301. The summed E-state index contributed by atoms with van der Waals surface area (Å²) in [5, 5.41) is 3.54. The first-order valence-electron chi connectivity index (χ1n) is 6.61. The third-order valence-electron chi connectivity index (χ3n) is 3.42. The highest BCUT2D eigenvalue weighted by Gasteiger charge is 2.26. The van der Waals surface area contributed by atoms with E-state index in [9.17, 15) is 0 Å². The second-order valence-electron chi connectivity index (χ2n) is 5.77. The van der Waals surface area contributed by atoms with Gasteiger partial charge < -0.3 is 5.32 Å². The van der Waals surface area contributed by atoms with Gasteiger partial charge in [-0.05, 0) is 53.6 Å². The Kier molecular flexibility index (Phi) is 5.50. The van der Waals surface area contributed by atoms with E-state index in [1.54, 1.807) is 0 Å². The maximum Gasteiger partial charge on any atom is 0.0277 e. The van der Waals surface area contributed by atoms with Crippen LogP contribution in [0.3, 0.4) is 0 Å². The van der Waals surface area contributed by atoms with Crippen molar-refractivity contribution in [3.63, 3.8) is 0 Å². The molecule has 1 heterocycles. The number of allylic oxidation sites excluding steroid dienone is 1. The van der Waals surface area contributed by atoms with E-state index in [4.69, 9.17) is 0 Å². The highest BCUT2D eigenvalue weighted by atomic mass is 15.2. The summed E-state index contributed by atoms with van der Waals surface area (Å²) in [6.07, 6.45) is 6.42. The second-order valence-corrected chi connectivity index (χ2v) is 5.77. The molecule has 94 valence electrons. The standard InChI is InChI=1S/C14H28N2/c1-13(2)8-9-15-12-14(3,4)16-10-6-5-7-11-16/h8,15H,5-7,9-12H2,1-4H3. The first kappa shape index (κ1) is 13.7. The molecule has 2 nitrogen and oxygen atoms in total. The van der Waals surface area contributed by atoms with Crippen molar-refractivity contribution in [3.8, 4) is 0 Å². The lowest BCUT2D eigenvalue weighted by molar-refractivity contribution is 0.0954. The van der Waals surface area contributed by atoms with E-state index < -0.39 is 0 Å². The Morgan fingerprint density at radius 2 is 1.81 bits per heavy atom. The fourth-order valence-electron chi connectivity index (χ4n) is 2.27. The topological polar surface area (TPSA) is 15.3 Å². The molecule has 0 aromatic rings. The average molecular weight is 224 g/mol. The van der Waals surface area contributed by atoms with Gasteiger partial charge in [-0.1, -0.05) is 18.1 Å². The van der Waals surface area contributed by atoms with Crippen LogP contribution < -0.4 is 5.32 Å². The van der Waals surface area contributed by atoms with Crippen molar-refractivity contribution in [2.75, 3.05) is 26.2 Å². The van der Waals surface area contributed by atoms with Crippen LogP contribution in [-0.2, 0) is 0 Å². The molecule has 0 aliphatic carbocycles. The molecule has 0 unspecified atom stereocenters. The molecule has 0 saturated carbocycles. The summed E-state index contributed by atoms with van der Waals surface area (Å²) in [4.78, 5) is 2.63. The monoisotopic (exact) mass is 224 g/mol. The van der Waals surface area contributed by atoms with Crippen molar-refractivity contribution < 1.29 is 0 Å². The lowest BCUT2D eigenvalue weighted by atomic mass is 9.98. The molecule has 0 aromatic carbocycles. The Balaban J connectivity index is 2.29. The molecule has 0 atom stereocenters. The number of nitrogens with one attached hydrogen (secondary N) is 1. The summed E-state index contributed by atoms with van der Waals surface area (Å²) in [7, 11) is 0. The van der Waals surface area contributed by atoms with Crippen molar-refractivity contribution >= 4 is 0 Å². The van der Waals surface area contributed by atoms with Crippen molar-refractivity contribution in [1.29, 1.82) is 0 Å². The van der Waals surface area contributed by atoms with E-state index >= 15 is 0 Å². The van der Waals surface area contributed by atoms with Gasteiger partial charge in [0.2, 0.25) is 0 Å². The zero-order valence-electron chi connectivity index (χ0n) is 11.5. The zero-order valence-corrected chi connectivity index (χ0v) is 11.5. The molecule has 1 rings (SSSR count). The Hall–Kier alpha value is -0.340. The number of hydrogen-bond donors (Lipinski definition) is 1. The molecule has 16 heavy (non-hydrogen) atoms. The predicted octanol–water partition coefficient (Wildman–Crippen LogP) is 2.81. The van der Waals surface area contributed by atoms with Crippen LogP contribution in [-0.4, -0.2) is 36.6 Å². The van der Waals surface area contributed by atoms with E-state index in [0.29, 0.717) is 5.54 Å². The summed E-state index contributed by atoms with van der Waals surface area (Å²) in [6.45, 7) is 13.6. The third-order valence-corrected chi connectivity index (χ3v) is 3.42. The van der Waals surface area contributed by atoms with Crippen molar-refractivity contribution in [3.05, 3.63) is 11.6 Å². The van der Waals surface area contributed by atoms with Gasteiger partial charge in [-0.15, -0.1) is 0 Å². The molecular weight excluding hydrogens is 196 g/mol. The smallest absolute Gasteiger partial charge is 0.0277 e. The Morgan fingerprint density at radius 3 is 2.38 bits per heavy atom. The lowest BCUT2D eigenvalue weighted by Crippen LogP contribution is -2.52. The van der Waals surface area contributed by atoms with Crippen LogP contribution in [0.5, 0.6) is 0 Å². The lowest BCUT2D eigenvalue weighted by Gasteiger charge is -2.41. The number of hydrogen-bond acceptors (Lipinski definition) is 2. The van der Waals surface area contributed by atoms with Crippen LogP contribution in [0.15, 0.2) is 11.6 Å². The zero-order chi connectivity index (χ0) is 12.0. The van der Waals surface area contributed by atoms with Crippen molar-refractivity contribution in [2.24, 2.45) is 0 Å². The molecule has 0 amide bonds. The highest BCUT2D eigenvalue weighted by molar-refractivity contribution is 4.95. The molecule has 1 saturated heterocycles. The van der Waals surface area contributed by atoms with Crippen LogP contribution in [0, 0.1) is 0 Å². The van der Waals surface area contributed by atoms with E-state index in [0.717, 1.165) is 13.1 Å². The molecule has 0 radical (unpaired) electrons. The maximum absolute atomic E-state index is 3.54. The molecule has 0 spiro atoms. The molecule has 0 aromatic heterocycles. The molecule has 2 heteroatoms. The summed E-state index contributed by atoms with van der Waals surface area (Å²) in [6, 6.07) is 0. The van der Waals surface area contributed by atoms with Crippen LogP contribution in [0.4, 0.5) is 0 Å². The van der Waals surface area contributed by atoms with Gasteiger partial charge in [0.15, 0.2) is 0 Å². The number of piperidine rings is 1. The van der Waals surface area contributed by atoms with Crippen LogP contribution >= 0.6 is 0 Å². The third kappa shape index (κ3) is 4.67.